The third kappa shape index (κ3) is 4.24. The Labute approximate surface area is 148 Å². The molecule has 8 heteroatoms. The molecule has 0 bridgehead atoms. The number of carbonyl (C=O) groups excluding carboxylic acids is 1. The first-order chi connectivity index (χ1) is 11.9. The van der Waals surface area contributed by atoms with E-state index in [0.717, 1.165) is 37.6 Å². The molecule has 3 rings (SSSR count). The summed E-state index contributed by atoms with van der Waals surface area (Å²) >= 11 is 0. The van der Waals surface area contributed by atoms with Crippen molar-refractivity contribution in [2.45, 2.75) is 44.7 Å². The van der Waals surface area contributed by atoms with Gasteiger partial charge in [-0.25, -0.2) is 8.42 Å². The normalized spacial score (nSPS) is 20.6. The molecule has 2 unspecified atom stereocenters. The molecule has 138 valence electrons. The average Bonchev–Trinajstić information content (AvgIpc) is 3.20. The first kappa shape index (κ1) is 18.0. The smallest absolute Gasteiger partial charge is 0.255 e. The molecule has 1 amide bonds. The minimum atomic E-state index is -3.41. The number of anilines is 1. The van der Waals surface area contributed by atoms with Crippen molar-refractivity contribution in [1.29, 1.82) is 0 Å². The summed E-state index contributed by atoms with van der Waals surface area (Å²) in [5.41, 5.74) is 1.63. The fourth-order valence-corrected chi connectivity index (χ4v) is 4.08. The molecular formula is C17H25N3O4S. The Kier molecular flexibility index (Phi) is 5.19. The van der Waals surface area contributed by atoms with Gasteiger partial charge < -0.3 is 15.4 Å². The molecule has 1 saturated heterocycles. The first-order valence-corrected chi connectivity index (χ1v) is 10.6. The van der Waals surface area contributed by atoms with Gasteiger partial charge in [0.1, 0.15) is 5.75 Å². The van der Waals surface area contributed by atoms with Gasteiger partial charge >= 0.3 is 0 Å². The van der Waals surface area contributed by atoms with E-state index in [1.54, 1.807) is 12.1 Å². The highest BCUT2D eigenvalue weighted by Gasteiger charge is 2.28. The van der Waals surface area contributed by atoms with Gasteiger partial charge in [0.2, 0.25) is 10.0 Å². The van der Waals surface area contributed by atoms with Crippen LogP contribution in [0.2, 0.25) is 0 Å². The number of fused-ring (bicyclic) bond motifs is 1. The highest BCUT2D eigenvalue weighted by Crippen LogP contribution is 2.33. The van der Waals surface area contributed by atoms with Crippen molar-refractivity contribution in [2.24, 2.45) is 0 Å². The lowest BCUT2D eigenvalue weighted by atomic mass is 10.0. The van der Waals surface area contributed by atoms with Crippen molar-refractivity contribution in [2.75, 3.05) is 24.1 Å². The predicted octanol–water partition coefficient (Wildman–Crippen LogP) is 1.25. The van der Waals surface area contributed by atoms with Crippen molar-refractivity contribution < 1.29 is 17.9 Å². The molecule has 25 heavy (non-hydrogen) atoms. The fourth-order valence-electron chi connectivity index (χ4n) is 3.54. The molecule has 0 spiro atoms. The Morgan fingerprint density at radius 3 is 2.88 bits per heavy atom. The zero-order valence-corrected chi connectivity index (χ0v) is 15.4. The van der Waals surface area contributed by atoms with Crippen LogP contribution in [-0.2, 0) is 16.4 Å². The molecule has 2 heterocycles. The van der Waals surface area contributed by atoms with E-state index in [-0.39, 0.29) is 18.0 Å². The first-order valence-electron chi connectivity index (χ1n) is 8.69. The molecule has 1 aromatic carbocycles. The van der Waals surface area contributed by atoms with Gasteiger partial charge in [-0.3, -0.25) is 9.52 Å². The van der Waals surface area contributed by atoms with Crippen LogP contribution in [0, 0.1) is 0 Å². The van der Waals surface area contributed by atoms with Crippen molar-refractivity contribution in [3.8, 4) is 5.75 Å². The molecule has 0 aromatic heterocycles. The molecule has 7 nitrogen and oxygen atoms in total. The molecular weight excluding hydrogens is 342 g/mol. The molecule has 0 radical (unpaired) electrons. The van der Waals surface area contributed by atoms with E-state index >= 15 is 0 Å². The number of hydrogen-bond donors (Lipinski definition) is 3. The van der Waals surface area contributed by atoms with Crippen molar-refractivity contribution in [1.82, 2.24) is 10.6 Å². The molecule has 0 aliphatic carbocycles. The van der Waals surface area contributed by atoms with E-state index in [2.05, 4.69) is 15.4 Å². The number of nitrogens with one attached hydrogen (secondary N) is 3. The van der Waals surface area contributed by atoms with Crippen LogP contribution >= 0.6 is 0 Å². The highest BCUT2D eigenvalue weighted by molar-refractivity contribution is 7.92. The summed E-state index contributed by atoms with van der Waals surface area (Å²) < 4.78 is 31.1. The van der Waals surface area contributed by atoms with Crippen LogP contribution < -0.4 is 20.1 Å². The molecule has 0 saturated carbocycles. The van der Waals surface area contributed by atoms with E-state index in [0.29, 0.717) is 30.0 Å². The van der Waals surface area contributed by atoms with Gasteiger partial charge in [-0.1, -0.05) is 6.92 Å². The Morgan fingerprint density at radius 2 is 2.24 bits per heavy atom. The van der Waals surface area contributed by atoms with Gasteiger partial charge in [-0.05, 0) is 37.9 Å². The van der Waals surface area contributed by atoms with Crippen LogP contribution in [0.15, 0.2) is 12.1 Å². The monoisotopic (exact) mass is 367 g/mol. The standard InChI is InChI=1S/C17H25N3O4S/c1-3-14(15-5-4-7-18-15)19-17(21)13-10-12(20-25(2,22)23)9-11-6-8-24-16(11)13/h9-10,14-15,18,20H,3-8H2,1-2H3,(H,19,21). The summed E-state index contributed by atoms with van der Waals surface area (Å²) in [6, 6.07) is 3.60. The van der Waals surface area contributed by atoms with Crippen LogP contribution in [-0.4, -0.2) is 45.8 Å². The number of benzene rings is 1. The molecule has 2 aliphatic heterocycles. The predicted molar refractivity (Wildman–Crippen MR) is 96.7 cm³/mol. The second-order valence-corrected chi connectivity index (χ2v) is 8.42. The van der Waals surface area contributed by atoms with Crippen molar-refractivity contribution in [3.63, 3.8) is 0 Å². The van der Waals surface area contributed by atoms with Crippen LogP contribution in [0.3, 0.4) is 0 Å². The molecule has 2 atom stereocenters. The third-order valence-corrected chi connectivity index (χ3v) is 5.28. The molecule has 3 N–H and O–H groups in total. The minimum absolute atomic E-state index is 0.0403. The topological polar surface area (TPSA) is 96.5 Å². The van der Waals surface area contributed by atoms with Crippen LogP contribution in [0.5, 0.6) is 5.75 Å². The lowest BCUT2D eigenvalue weighted by Gasteiger charge is -2.24. The maximum atomic E-state index is 12.9. The van der Waals surface area contributed by atoms with E-state index in [4.69, 9.17) is 4.74 Å². The summed E-state index contributed by atoms with van der Waals surface area (Å²) in [6.45, 7) is 3.52. The zero-order chi connectivity index (χ0) is 18.0. The maximum absolute atomic E-state index is 12.9. The number of carbonyl (C=O) groups is 1. The van der Waals surface area contributed by atoms with Gasteiger partial charge in [-0.15, -0.1) is 0 Å². The minimum Gasteiger partial charge on any atom is -0.492 e. The van der Waals surface area contributed by atoms with Gasteiger partial charge in [-0.2, -0.15) is 0 Å². The van der Waals surface area contributed by atoms with Crippen LogP contribution in [0.4, 0.5) is 5.69 Å². The van der Waals surface area contributed by atoms with E-state index in [1.807, 2.05) is 6.92 Å². The fraction of sp³-hybridized carbons (Fsp3) is 0.588. The van der Waals surface area contributed by atoms with E-state index < -0.39 is 10.0 Å². The van der Waals surface area contributed by atoms with Gasteiger partial charge in [0, 0.05) is 29.8 Å². The number of sulfonamides is 1. The molecule has 1 aromatic rings. The highest BCUT2D eigenvalue weighted by atomic mass is 32.2. The summed E-state index contributed by atoms with van der Waals surface area (Å²) in [4.78, 5) is 12.9. The molecule has 2 aliphatic rings. The summed E-state index contributed by atoms with van der Waals surface area (Å²) in [5, 5.41) is 6.51. The van der Waals surface area contributed by atoms with E-state index in [9.17, 15) is 13.2 Å². The van der Waals surface area contributed by atoms with Gasteiger partial charge in [0.15, 0.2) is 0 Å². The summed E-state index contributed by atoms with van der Waals surface area (Å²) in [5.74, 6) is 0.335. The van der Waals surface area contributed by atoms with Crippen molar-refractivity contribution in [3.05, 3.63) is 23.3 Å². The number of rotatable bonds is 6. The van der Waals surface area contributed by atoms with Gasteiger partial charge in [0.05, 0.1) is 18.4 Å². The maximum Gasteiger partial charge on any atom is 0.255 e. The lowest BCUT2D eigenvalue weighted by Crippen LogP contribution is -2.47. The number of ether oxygens (including phenoxy) is 1. The molecule has 1 fully saturated rings. The number of amides is 1. The van der Waals surface area contributed by atoms with E-state index in [1.165, 1.54) is 0 Å². The van der Waals surface area contributed by atoms with Crippen LogP contribution in [0.1, 0.15) is 42.1 Å². The van der Waals surface area contributed by atoms with Crippen LogP contribution in [0.25, 0.3) is 0 Å². The Balaban J connectivity index is 1.85. The largest absolute Gasteiger partial charge is 0.492 e. The summed E-state index contributed by atoms with van der Waals surface area (Å²) in [6.07, 6.45) is 4.74. The Bertz CT molecular complexity index is 757. The average molecular weight is 367 g/mol. The lowest BCUT2D eigenvalue weighted by molar-refractivity contribution is 0.0924. The number of hydrogen-bond acceptors (Lipinski definition) is 5. The second-order valence-electron chi connectivity index (χ2n) is 6.68. The summed E-state index contributed by atoms with van der Waals surface area (Å²) in [7, 11) is -3.41. The van der Waals surface area contributed by atoms with Crippen molar-refractivity contribution >= 4 is 21.6 Å². The van der Waals surface area contributed by atoms with Gasteiger partial charge in [0.25, 0.3) is 5.91 Å². The second kappa shape index (κ2) is 7.21. The third-order valence-electron chi connectivity index (χ3n) is 4.67. The Morgan fingerprint density at radius 1 is 1.44 bits per heavy atom. The SMILES string of the molecule is CCC(NC(=O)c1cc(NS(C)(=O)=O)cc2c1OCC2)C1CCCN1. The zero-order valence-electron chi connectivity index (χ0n) is 14.6. The quantitative estimate of drug-likeness (QED) is 0.703. The Hall–Kier alpha value is -1.80.